The van der Waals surface area contributed by atoms with E-state index in [1.54, 1.807) is 4.90 Å². The highest BCUT2D eigenvalue weighted by Gasteiger charge is 2.30. The summed E-state index contributed by atoms with van der Waals surface area (Å²) in [6, 6.07) is -0.139. The number of aliphatic hydroxyl groups excluding tert-OH is 1. The Kier molecular flexibility index (Phi) is 5.55. The van der Waals surface area contributed by atoms with Crippen molar-refractivity contribution in [3.05, 3.63) is 11.7 Å². The number of aromatic nitrogens is 2. The minimum atomic E-state index is -0.139. The third-order valence-electron chi connectivity index (χ3n) is 3.64. The first kappa shape index (κ1) is 15.8. The van der Waals surface area contributed by atoms with E-state index in [0.717, 1.165) is 19.3 Å². The van der Waals surface area contributed by atoms with Crippen molar-refractivity contribution in [3.8, 4) is 0 Å². The summed E-state index contributed by atoms with van der Waals surface area (Å²) in [5, 5.41) is 15.7. The van der Waals surface area contributed by atoms with Crippen LogP contribution in [0.5, 0.6) is 0 Å². The zero-order chi connectivity index (χ0) is 15.2. The summed E-state index contributed by atoms with van der Waals surface area (Å²) in [6.07, 6.45) is 2.99. The summed E-state index contributed by atoms with van der Waals surface area (Å²) >= 11 is 0. The molecule has 7 heteroatoms. The van der Waals surface area contributed by atoms with E-state index in [1.807, 2.05) is 13.8 Å². The van der Waals surface area contributed by atoms with Crippen LogP contribution in [0.4, 0.5) is 4.79 Å². The van der Waals surface area contributed by atoms with Gasteiger partial charge in [0.15, 0.2) is 5.82 Å². The van der Waals surface area contributed by atoms with Crippen LogP contribution in [0.3, 0.4) is 0 Å². The molecule has 1 aromatic heterocycles. The lowest BCUT2D eigenvalue weighted by molar-refractivity contribution is 0.192. The Morgan fingerprint density at radius 2 is 2.33 bits per heavy atom. The molecule has 1 aromatic rings. The van der Waals surface area contributed by atoms with Crippen LogP contribution in [-0.4, -0.2) is 45.9 Å². The number of urea groups is 1. The number of hydrogen-bond acceptors (Lipinski definition) is 5. The van der Waals surface area contributed by atoms with E-state index in [0.29, 0.717) is 37.3 Å². The molecule has 1 aliphatic rings. The molecule has 0 aromatic carbocycles. The molecule has 1 saturated carbocycles. The number of carbonyl (C=O) groups excluding carboxylic acids is 1. The van der Waals surface area contributed by atoms with Crippen LogP contribution in [0.25, 0.3) is 0 Å². The number of aliphatic hydroxyl groups is 1. The van der Waals surface area contributed by atoms with Gasteiger partial charge in [-0.2, -0.15) is 4.98 Å². The van der Waals surface area contributed by atoms with Crippen LogP contribution in [0, 0.1) is 5.92 Å². The third-order valence-corrected chi connectivity index (χ3v) is 3.64. The molecule has 118 valence electrons. The average molecular weight is 296 g/mol. The van der Waals surface area contributed by atoms with Gasteiger partial charge in [0.25, 0.3) is 0 Å². The molecular weight excluding hydrogens is 272 g/mol. The fourth-order valence-electron chi connectivity index (χ4n) is 1.95. The lowest BCUT2D eigenvalue weighted by atomic mass is 10.1. The zero-order valence-electron chi connectivity index (χ0n) is 12.7. The highest BCUT2D eigenvalue weighted by Crippen LogP contribution is 2.38. The number of amides is 2. The van der Waals surface area contributed by atoms with Crippen molar-refractivity contribution in [1.29, 1.82) is 0 Å². The van der Waals surface area contributed by atoms with Crippen LogP contribution in [0.2, 0.25) is 0 Å². The Morgan fingerprint density at radius 3 is 2.95 bits per heavy atom. The summed E-state index contributed by atoms with van der Waals surface area (Å²) in [7, 11) is 0. The second-order valence-corrected chi connectivity index (χ2v) is 5.65. The van der Waals surface area contributed by atoms with Gasteiger partial charge in [0, 0.05) is 25.6 Å². The SMILES string of the molecule is CCN(Cc1noc(C2CC2)n1)C(=O)NCC[C@@H](C)CO. The van der Waals surface area contributed by atoms with Gasteiger partial charge >= 0.3 is 6.03 Å². The van der Waals surface area contributed by atoms with Crippen molar-refractivity contribution in [2.75, 3.05) is 19.7 Å². The monoisotopic (exact) mass is 296 g/mol. The van der Waals surface area contributed by atoms with E-state index in [4.69, 9.17) is 9.63 Å². The molecule has 0 unspecified atom stereocenters. The Hall–Kier alpha value is -1.63. The van der Waals surface area contributed by atoms with Crippen LogP contribution >= 0.6 is 0 Å². The van der Waals surface area contributed by atoms with E-state index >= 15 is 0 Å². The summed E-state index contributed by atoms with van der Waals surface area (Å²) in [5.74, 6) is 1.87. The molecule has 0 saturated heterocycles. The van der Waals surface area contributed by atoms with Crippen LogP contribution in [-0.2, 0) is 6.54 Å². The first-order chi connectivity index (χ1) is 10.1. The summed E-state index contributed by atoms with van der Waals surface area (Å²) in [6.45, 7) is 5.49. The van der Waals surface area contributed by atoms with E-state index in [1.165, 1.54) is 0 Å². The third kappa shape index (κ3) is 4.70. The molecule has 1 fully saturated rings. The topological polar surface area (TPSA) is 91.5 Å². The second kappa shape index (κ2) is 7.40. The van der Waals surface area contributed by atoms with E-state index in [-0.39, 0.29) is 18.6 Å². The maximum absolute atomic E-state index is 12.1. The smallest absolute Gasteiger partial charge is 0.317 e. The van der Waals surface area contributed by atoms with Gasteiger partial charge in [0.2, 0.25) is 5.89 Å². The fraction of sp³-hybridized carbons (Fsp3) is 0.786. The molecule has 0 radical (unpaired) electrons. The van der Waals surface area contributed by atoms with E-state index in [9.17, 15) is 4.79 Å². The molecule has 0 aliphatic heterocycles. The van der Waals surface area contributed by atoms with Gasteiger partial charge in [-0.3, -0.25) is 0 Å². The van der Waals surface area contributed by atoms with Gasteiger partial charge in [0.05, 0.1) is 6.54 Å². The highest BCUT2D eigenvalue weighted by atomic mass is 16.5. The van der Waals surface area contributed by atoms with Crippen molar-refractivity contribution in [3.63, 3.8) is 0 Å². The van der Waals surface area contributed by atoms with Gasteiger partial charge < -0.3 is 19.8 Å². The normalized spacial score (nSPS) is 15.8. The quantitative estimate of drug-likeness (QED) is 0.758. The number of hydrogen-bond donors (Lipinski definition) is 2. The fourth-order valence-corrected chi connectivity index (χ4v) is 1.95. The molecule has 2 N–H and O–H groups in total. The molecule has 1 atom stereocenters. The lowest BCUT2D eigenvalue weighted by Crippen LogP contribution is -2.40. The molecule has 2 amide bonds. The molecule has 1 heterocycles. The van der Waals surface area contributed by atoms with E-state index < -0.39 is 0 Å². The standard InChI is InChI=1S/C14H24N4O3/c1-3-18(14(20)15-7-6-10(2)9-19)8-12-16-13(21-17-12)11-4-5-11/h10-11,19H,3-9H2,1-2H3,(H,15,20)/t10-/m1/s1. The van der Waals surface area contributed by atoms with Crippen molar-refractivity contribution in [1.82, 2.24) is 20.4 Å². The average Bonchev–Trinajstić information content (AvgIpc) is 3.24. The summed E-state index contributed by atoms with van der Waals surface area (Å²) in [4.78, 5) is 18.0. The highest BCUT2D eigenvalue weighted by molar-refractivity contribution is 5.73. The molecular formula is C14H24N4O3. The van der Waals surface area contributed by atoms with Crippen molar-refractivity contribution < 1.29 is 14.4 Å². The van der Waals surface area contributed by atoms with E-state index in [2.05, 4.69) is 15.5 Å². The minimum Gasteiger partial charge on any atom is -0.396 e. The lowest BCUT2D eigenvalue weighted by Gasteiger charge is -2.20. The molecule has 7 nitrogen and oxygen atoms in total. The number of rotatable bonds is 8. The molecule has 0 spiro atoms. The maximum atomic E-state index is 12.1. The zero-order valence-corrected chi connectivity index (χ0v) is 12.7. The molecule has 1 aliphatic carbocycles. The maximum Gasteiger partial charge on any atom is 0.317 e. The molecule has 0 bridgehead atoms. The summed E-state index contributed by atoms with van der Waals surface area (Å²) in [5.41, 5.74) is 0. The number of carbonyl (C=O) groups is 1. The van der Waals surface area contributed by atoms with Crippen molar-refractivity contribution in [2.24, 2.45) is 5.92 Å². The van der Waals surface area contributed by atoms with Gasteiger partial charge in [-0.1, -0.05) is 12.1 Å². The Morgan fingerprint density at radius 1 is 1.57 bits per heavy atom. The number of nitrogens with one attached hydrogen (secondary N) is 1. The largest absolute Gasteiger partial charge is 0.396 e. The Balaban J connectivity index is 1.78. The Bertz CT molecular complexity index is 459. The second-order valence-electron chi connectivity index (χ2n) is 5.65. The first-order valence-electron chi connectivity index (χ1n) is 7.60. The van der Waals surface area contributed by atoms with Crippen LogP contribution < -0.4 is 5.32 Å². The van der Waals surface area contributed by atoms with Crippen molar-refractivity contribution in [2.45, 2.75) is 45.6 Å². The summed E-state index contributed by atoms with van der Waals surface area (Å²) < 4.78 is 5.19. The molecule has 2 rings (SSSR count). The van der Waals surface area contributed by atoms with Gasteiger partial charge in [-0.15, -0.1) is 0 Å². The Labute approximate surface area is 124 Å². The van der Waals surface area contributed by atoms with Gasteiger partial charge in [-0.25, -0.2) is 4.79 Å². The van der Waals surface area contributed by atoms with Gasteiger partial charge in [-0.05, 0) is 32.1 Å². The van der Waals surface area contributed by atoms with Crippen molar-refractivity contribution >= 4 is 6.03 Å². The predicted octanol–water partition coefficient (Wildman–Crippen LogP) is 1.50. The van der Waals surface area contributed by atoms with Crippen LogP contribution in [0.15, 0.2) is 4.52 Å². The van der Waals surface area contributed by atoms with Gasteiger partial charge in [0.1, 0.15) is 0 Å². The predicted molar refractivity (Wildman–Crippen MR) is 76.6 cm³/mol. The number of nitrogens with zero attached hydrogens (tertiary/aromatic N) is 3. The first-order valence-corrected chi connectivity index (χ1v) is 7.60. The van der Waals surface area contributed by atoms with Crippen LogP contribution in [0.1, 0.15) is 50.7 Å². The molecule has 21 heavy (non-hydrogen) atoms. The minimum absolute atomic E-state index is 0.139.